The van der Waals surface area contributed by atoms with E-state index in [0.717, 1.165) is 15.7 Å². The number of aliphatic hydroxyl groups excluding tert-OH is 1. The van der Waals surface area contributed by atoms with Crippen molar-refractivity contribution in [2.75, 3.05) is 0 Å². The van der Waals surface area contributed by atoms with E-state index < -0.39 is 5.69 Å². The highest BCUT2D eigenvalue weighted by Gasteiger charge is 2.22. The minimum atomic E-state index is -0.466. The molecule has 6 nitrogen and oxygen atoms in total. The van der Waals surface area contributed by atoms with Gasteiger partial charge in [0.1, 0.15) is 5.75 Å². The number of hydrogen-bond donors (Lipinski definition) is 2. The van der Waals surface area contributed by atoms with Crippen molar-refractivity contribution in [2.45, 2.75) is 26.5 Å². The Hall–Kier alpha value is -2.34. The molecule has 1 aromatic heterocycles. The molecule has 0 amide bonds. The first kappa shape index (κ1) is 12.7. The standard InChI is InChI=1S/C14H14N2O4/c1-2-16-13(18)10-6-9-5-8(7-17)3-4-11(9)20-12(10)15-14(16)19/h3-5,17H,2,6-7H2,1H3,(H,15,19). The van der Waals surface area contributed by atoms with Crippen molar-refractivity contribution < 1.29 is 9.84 Å². The van der Waals surface area contributed by atoms with E-state index >= 15 is 0 Å². The van der Waals surface area contributed by atoms with Crippen LogP contribution in [0.5, 0.6) is 11.6 Å². The molecule has 0 unspecified atom stereocenters. The van der Waals surface area contributed by atoms with Gasteiger partial charge in [0.15, 0.2) is 0 Å². The van der Waals surface area contributed by atoms with Crippen LogP contribution in [0.2, 0.25) is 0 Å². The predicted molar refractivity (Wildman–Crippen MR) is 72.2 cm³/mol. The van der Waals surface area contributed by atoms with Gasteiger partial charge in [-0.05, 0) is 30.2 Å². The minimum absolute atomic E-state index is 0.0645. The molecule has 104 valence electrons. The van der Waals surface area contributed by atoms with Crippen molar-refractivity contribution in [1.29, 1.82) is 0 Å². The topological polar surface area (TPSA) is 84.3 Å². The SMILES string of the molecule is CCn1c(=O)[nH]c2c(c1=O)Cc1cc(CO)ccc1O2. The van der Waals surface area contributed by atoms with E-state index in [1.54, 1.807) is 25.1 Å². The summed E-state index contributed by atoms with van der Waals surface area (Å²) in [6.07, 6.45) is 0.383. The Kier molecular flexibility index (Phi) is 2.94. The van der Waals surface area contributed by atoms with Crippen LogP contribution in [-0.4, -0.2) is 14.7 Å². The summed E-state index contributed by atoms with van der Waals surface area (Å²) in [6.45, 7) is 1.99. The van der Waals surface area contributed by atoms with Crippen LogP contribution >= 0.6 is 0 Å². The lowest BCUT2D eigenvalue weighted by atomic mass is 10.0. The number of rotatable bonds is 2. The number of H-pyrrole nitrogens is 1. The largest absolute Gasteiger partial charge is 0.440 e. The normalized spacial score (nSPS) is 12.5. The van der Waals surface area contributed by atoms with Crippen molar-refractivity contribution >= 4 is 0 Å². The third-order valence-corrected chi connectivity index (χ3v) is 3.45. The lowest BCUT2D eigenvalue weighted by molar-refractivity contribution is 0.281. The highest BCUT2D eigenvalue weighted by Crippen LogP contribution is 2.33. The van der Waals surface area contributed by atoms with Crippen molar-refractivity contribution in [3.8, 4) is 11.6 Å². The van der Waals surface area contributed by atoms with E-state index in [1.165, 1.54) is 0 Å². The number of aliphatic hydroxyl groups is 1. The summed E-state index contributed by atoms with van der Waals surface area (Å²) < 4.78 is 6.73. The Labute approximate surface area is 114 Å². The Morgan fingerprint density at radius 2 is 2.20 bits per heavy atom. The van der Waals surface area contributed by atoms with Crippen LogP contribution in [0.25, 0.3) is 0 Å². The number of hydrogen-bond acceptors (Lipinski definition) is 4. The fraction of sp³-hybridized carbons (Fsp3) is 0.286. The summed E-state index contributed by atoms with van der Waals surface area (Å²) in [5.74, 6) is 0.813. The number of nitrogens with zero attached hydrogens (tertiary/aromatic N) is 1. The molecular formula is C14H14N2O4. The Balaban J connectivity index is 2.16. The third kappa shape index (κ3) is 1.85. The molecule has 0 bridgehead atoms. The molecule has 2 aromatic rings. The highest BCUT2D eigenvalue weighted by molar-refractivity contribution is 5.47. The monoisotopic (exact) mass is 274 g/mol. The number of aromatic nitrogens is 2. The summed E-state index contributed by atoms with van der Waals surface area (Å²) in [4.78, 5) is 26.6. The van der Waals surface area contributed by atoms with Gasteiger partial charge in [0.05, 0.1) is 12.2 Å². The van der Waals surface area contributed by atoms with E-state index in [4.69, 9.17) is 9.84 Å². The van der Waals surface area contributed by atoms with Gasteiger partial charge in [0, 0.05) is 13.0 Å². The second-order valence-electron chi connectivity index (χ2n) is 4.67. The maximum Gasteiger partial charge on any atom is 0.331 e. The first-order valence-corrected chi connectivity index (χ1v) is 6.40. The van der Waals surface area contributed by atoms with E-state index in [2.05, 4.69) is 4.98 Å². The lowest BCUT2D eigenvalue weighted by Crippen LogP contribution is -2.37. The Bertz CT molecular complexity index is 789. The molecule has 2 heterocycles. The van der Waals surface area contributed by atoms with Crippen molar-refractivity contribution in [3.05, 3.63) is 55.7 Å². The maximum absolute atomic E-state index is 12.2. The number of fused-ring (bicyclic) bond motifs is 2. The summed E-state index contributed by atoms with van der Waals surface area (Å²) in [5.41, 5.74) is 1.24. The molecule has 20 heavy (non-hydrogen) atoms. The van der Waals surface area contributed by atoms with Gasteiger partial charge in [-0.15, -0.1) is 0 Å². The number of benzene rings is 1. The van der Waals surface area contributed by atoms with Crippen LogP contribution in [0.1, 0.15) is 23.6 Å². The fourth-order valence-corrected chi connectivity index (χ4v) is 2.39. The molecule has 0 saturated heterocycles. The summed E-state index contributed by atoms with van der Waals surface area (Å²) >= 11 is 0. The van der Waals surface area contributed by atoms with Crippen LogP contribution in [0.4, 0.5) is 0 Å². The van der Waals surface area contributed by atoms with Crippen LogP contribution in [0.3, 0.4) is 0 Å². The van der Waals surface area contributed by atoms with Gasteiger partial charge >= 0.3 is 5.69 Å². The molecule has 3 rings (SSSR count). The maximum atomic E-state index is 12.2. The summed E-state index contributed by atoms with van der Waals surface area (Å²) in [5, 5.41) is 9.15. The van der Waals surface area contributed by atoms with Crippen LogP contribution in [-0.2, 0) is 19.6 Å². The zero-order chi connectivity index (χ0) is 14.3. The van der Waals surface area contributed by atoms with Gasteiger partial charge in [-0.2, -0.15) is 0 Å². The van der Waals surface area contributed by atoms with Gasteiger partial charge in [0.2, 0.25) is 5.88 Å². The van der Waals surface area contributed by atoms with E-state index in [1.807, 2.05) is 0 Å². The van der Waals surface area contributed by atoms with Gasteiger partial charge in [-0.3, -0.25) is 14.3 Å². The van der Waals surface area contributed by atoms with Crippen molar-refractivity contribution in [2.24, 2.45) is 0 Å². The van der Waals surface area contributed by atoms with E-state index in [0.29, 0.717) is 24.3 Å². The lowest BCUT2D eigenvalue weighted by Gasteiger charge is -2.20. The van der Waals surface area contributed by atoms with Gasteiger partial charge in [-0.25, -0.2) is 4.79 Å². The fourth-order valence-electron chi connectivity index (χ4n) is 2.39. The predicted octanol–water partition coefficient (Wildman–Crippen LogP) is 0.745. The molecule has 2 N–H and O–H groups in total. The van der Waals surface area contributed by atoms with Crippen molar-refractivity contribution in [1.82, 2.24) is 9.55 Å². The van der Waals surface area contributed by atoms with Crippen LogP contribution in [0.15, 0.2) is 27.8 Å². The molecule has 1 aliphatic heterocycles. The van der Waals surface area contributed by atoms with E-state index in [-0.39, 0.29) is 18.0 Å². The number of ether oxygens (including phenoxy) is 1. The van der Waals surface area contributed by atoms with Gasteiger partial charge in [0.25, 0.3) is 5.56 Å². The third-order valence-electron chi connectivity index (χ3n) is 3.45. The Morgan fingerprint density at radius 3 is 2.90 bits per heavy atom. The zero-order valence-corrected chi connectivity index (χ0v) is 11.0. The molecule has 6 heteroatoms. The first-order valence-electron chi connectivity index (χ1n) is 6.40. The highest BCUT2D eigenvalue weighted by atomic mass is 16.5. The number of aromatic amines is 1. The minimum Gasteiger partial charge on any atom is -0.440 e. The van der Waals surface area contributed by atoms with Crippen LogP contribution in [0, 0.1) is 0 Å². The van der Waals surface area contributed by atoms with Gasteiger partial charge in [-0.1, -0.05) is 6.07 Å². The summed E-state index contributed by atoms with van der Waals surface area (Å²) in [6, 6.07) is 5.28. The molecule has 1 aliphatic rings. The first-order chi connectivity index (χ1) is 9.63. The molecule has 0 aliphatic carbocycles. The number of nitrogens with one attached hydrogen (secondary N) is 1. The zero-order valence-electron chi connectivity index (χ0n) is 11.0. The second-order valence-corrected chi connectivity index (χ2v) is 4.67. The van der Waals surface area contributed by atoms with E-state index in [9.17, 15) is 9.59 Å². The average Bonchev–Trinajstić information content (AvgIpc) is 2.45. The smallest absolute Gasteiger partial charge is 0.331 e. The van der Waals surface area contributed by atoms with Crippen LogP contribution < -0.4 is 16.0 Å². The quantitative estimate of drug-likeness (QED) is 0.722. The molecule has 0 radical (unpaired) electrons. The second kappa shape index (κ2) is 4.64. The molecule has 0 saturated carbocycles. The molecule has 0 atom stereocenters. The van der Waals surface area contributed by atoms with Crippen molar-refractivity contribution in [3.63, 3.8) is 0 Å². The molecule has 1 aromatic carbocycles. The Morgan fingerprint density at radius 1 is 1.40 bits per heavy atom. The molecular weight excluding hydrogens is 260 g/mol. The summed E-state index contributed by atoms with van der Waals surface area (Å²) in [7, 11) is 0. The molecule has 0 fully saturated rings. The van der Waals surface area contributed by atoms with Gasteiger partial charge < -0.3 is 9.84 Å². The molecule has 0 spiro atoms. The average molecular weight is 274 g/mol.